The van der Waals surface area contributed by atoms with Gasteiger partial charge in [-0.25, -0.2) is 9.59 Å². The van der Waals surface area contributed by atoms with Crippen LogP contribution < -0.4 is 16.3 Å². The Morgan fingerprint density at radius 2 is 1.73 bits per heavy atom. The van der Waals surface area contributed by atoms with Crippen LogP contribution in [-0.4, -0.2) is 35.5 Å². The van der Waals surface area contributed by atoms with E-state index in [9.17, 15) is 24.3 Å². The Labute approximate surface area is 220 Å². The molecule has 0 aliphatic rings. The zero-order chi connectivity index (χ0) is 26.9. The molecule has 0 aliphatic carbocycles. The van der Waals surface area contributed by atoms with Crippen LogP contribution >= 0.6 is 15.9 Å². The fraction of sp³-hybridized carbons (Fsp3) is 0.259. The second-order valence-corrected chi connectivity index (χ2v) is 9.99. The van der Waals surface area contributed by atoms with E-state index in [2.05, 4.69) is 26.6 Å². The van der Waals surface area contributed by atoms with E-state index in [1.54, 1.807) is 33.1 Å². The number of furan rings is 1. The van der Waals surface area contributed by atoms with Crippen molar-refractivity contribution in [3.63, 3.8) is 0 Å². The molecular formula is C27H25BrN2O7. The van der Waals surface area contributed by atoms with Crippen LogP contribution in [0.2, 0.25) is 0 Å². The number of carboxylic acid groups (broad SMARTS) is 1. The van der Waals surface area contributed by atoms with Crippen molar-refractivity contribution in [2.45, 2.75) is 33.2 Å². The number of carboxylic acids is 1. The van der Waals surface area contributed by atoms with Gasteiger partial charge in [0.05, 0.1) is 24.8 Å². The van der Waals surface area contributed by atoms with Crippen molar-refractivity contribution in [3.8, 4) is 11.1 Å². The molecule has 9 nitrogen and oxygen atoms in total. The Hall–Kier alpha value is -3.92. The minimum Gasteiger partial charge on any atom is -0.480 e. The molecule has 37 heavy (non-hydrogen) atoms. The average molecular weight is 569 g/mol. The smallest absolute Gasteiger partial charge is 0.340 e. The largest absolute Gasteiger partial charge is 0.480 e. The summed E-state index contributed by atoms with van der Waals surface area (Å²) in [6.07, 6.45) is 1.35. The van der Waals surface area contributed by atoms with Gasteiger partial charge in [0.1, 0.15) is 17.2 Å². The lowest BCUT2D eigenvalue weighted by Crippen LogP contribution is -2.48. The molecule has 10 heteroatoms. The summed E-state index contributed by atoms with van der Waals surface area (Å²) in [5, 5.41) is 15.5. The molecule has 0 saturated heterocycles. The second-order valence-electron chi connectivity index (χ2n) is 9.07. The van der Waals surface area contributed by atoms with Gasteiger partial charge in [0, 0.05) is 26.9 Å². The van der Waals surface area contributed by atoms with Gasteiger partial charge in [-0.05, 0) is 42.2 Å². The molecule has 3 N–H and O–H groups in total. The average Bonchev–Trinajstić information content (AvgIpc) is 3.25. The van der Waals surface area contributed by atoms with Crippen molar-refractivity contribution in [1.82, 2.24) is 10.6 Å². The number of fused-ring (bicyclic) bond motifs is 2. The van der Waals surface area contributed by atoms with E-state index in [-0.39, 0.29) is 17.9 Å². The normalized spacial score (nSPS) is 12.1. The third-order valence-corrected chi connectivity index (χ3v) is 6.70. The second kappa shape index (κ2) is 10.6. The summed E-state index contributed by atoms with van der Waals surface area (Å²) in [6, 6.07) is 10.2. The molecule has 192 valence electrons. The number of aliphatic carboxylic acids is 1. The maximum absolute atomic E-state index is 12.7. The van der Waals surface area contributed by atoms with Crippen molar-refractivity contribution < 1.29 is 28.3 Å². The predicted molar refractivity (Wildman–Crippen MR) is 141 cm³/mol. The summed E-state index contributed by atoms with van der Waals surface area (Å²) in [5.74, 6) is -2.69. The van der Waals surface area contributed by atoms with Gasteiger partial charge in [-0.2, -0.15) is 0 Å². The van der Waals surface area contributed by atoms with E-state index in [0.29, 0.717) is 22.1 Å². The molecule has 4 rings (SSSR count). The maximum Gasteiger partial charge on any atom is 0.340 e. The summed E-state index contributed by atoms with van der Waals surface area (Å²) in [7, 11) is 0. The third kappa shape index (κ3) is 5.59. The number of halogens is 1. The highest BCUT2D eigenvalue weighted by Crippen LogP contribution is 2.35. The van der Waals surface area contributed by atoms with Crippen LogP contribution in [-0.2, 0) is 20.8 Å². The van der Waals surface area contributed by atoms with Gasteiger partial charge in [-0.3, -0.25) is 9.59 Å². The lowest BCUT2D eigenvalue weighted by molar-refractivity contribution is -0.143. The zero-order valence-corrected chi connectivity index (χ0v) is 22.0. The van der Waals surface area contributed by atoms with Crippen molar-refractivity contribution in [3.05, 3.63) is 68.7 Å². The zero-order valence-electron chi connectivity index (χ0n) is 20.4. The van der Waals surface area contributed by atoms with Crippen LogP contribution in [0.5, 0.6) is 0 Å². The fourth-order valence-electron chi connectivity index (χ4n) is 4.11. The van der Waals surface area contributed by atoms with Crippen LogP contribution in [0.25, 0.3) is 33.1 Å². The van der Waals surface area contributed by atoms with Crippen LogP contribution in [0.3, 0.4) is 0 Å². The minimum absolute atomic E-state index is 0.170. The first-order valence-corrected chi connectivity index (χ1v) is 12.4. The summed E-state index contributed by atoms with van der Waals surface area (Å²) >= 11 is 3.43. The monoisotopic (exact) mass is 568 g/mol. The van der Waals surface area contributed by atoms with Crippen molar-refractivity contribution in [2.75, 3.05) is 6.54 Å². The molecule has 4 aromatic rings. The number of benzene rings is 2. The molecule has 0 bridgehead atoms. The molecule has 2 heterocycles. The summed E-state index contributed by atoms with van der Waals surface area (Å²) in [5.41, 5.74) is 2.83. The van der Waals surface area contributed by atoms with Crippen molar-refractivity contribution in [1.29, 1.82) is 0 Å². The van der Waals surface area contributed by atoms with E-state index in [0.717, 1.165) is 21.0 Å². The number of nitrogens with one attached hydrogen (secondary N) is 2. The Morgan fingerprint density at radius 3 is 2.38 bits per heavy atom. The molecule has 2 amide bonds. The molecule has 1 unspecified atom stereocenters. The Bertz CT molecular complexity index is 1570. The number of hydrogen-bond donors (Lipinski definition) is 3. The first kappa shape index (κ1) is 26.2. The summed E-state index contributed by atoms with van der Waals surface area (Å²) in [4.78, 5) is 48.6. The van der Waals surface area contributed by atoms with Gasteiger partial charge in [0.2, 0.25) is 11.8 Å². The number of amides is 2. The highest BCUT2D eigenvalue weighted by Gasteiger charge is 2.24. The van der Waals surface area contributed by atoms with Gasteiger partial charge in [-0.1, -0.05) is 41.9 Å². The molecule has 0 saturated carbocycles. The number of hydrogen-bond acceptors (Lipinski definition) is 6. The first-order valence-electron chi connectivity index (χ1n) is 11.6. The minimum atomic E-state index is -1.16. The molecule has 1 atom stereocenters. The Kier molecular flexibility index (Phi) is 7.49. The van der Waals surface area contributed by atoms with Gasteiger partial charge in [-0.15, -0.1) is 0 Å². The van der Waals surface area contributed by atoms with E-state index in [4.69, 9.17) is 8.83 Å². The van der Waals surface area contributed by atoms with E-state index in [1.165, 1.54) is 0 Å². The molecule has 0 aliphatic heterocycles. The number of carbonyl (C=O) groups excluding carboxylic acids is 2. The Morgan fingerprint density at radius 1 is 1.03 bits per heavy atom. The number of carbonyl (C=O) groups is 3. The molecule has 0 spiro atoms. The highest BCUT2D eigenvalue weighted by atomic mass is 79.9. The lowest BCUT2D eigenvalue weighted by atomic mass is 9.99. The molecular weight excluding hydrogens is 544 g/mol. The first-order chi connectivity index (χ1) is 17.5. The van der Waals surface area contributed by atoms with Crippen molar-refractivity contribution >= 4 is 55.7 Å². The van der Waals surface area contributed by atoms with Crippen LogP contribution in [0.1, 0.15) is 25.0 Å². The van der Waals surface area contributed by atoms with Gasteiger partial charge in [0.15, 0.2) is 0 Å². The Balaban J connectivity index is 1.57. The maximum atomic E-state index is 12.7. The van der Waals surface area contributed by atoms with Crippen molar-refractivity contribution in [2.24, 2.45) is 5.92 Å². The van der Waals surface area contributed by atoms with Crippen LogP contribution in [0.15, 0.2) is 60.8 Å². The SMILES string of the molecule is Cc1c(CC(=O)NCC(=O)NC(C(=O)O)C(C)C)c(=O)oc2cc3occ(-c4ccc(Br)cc4)c3cc12. The quantitative estimate of drug-likeness (QED) is 0.271. The molecule has 2 aromatic heterocycles. The summed E-state index contributed by atoms with van der Waals surface area (Å²) < 4.78 is 12.2. The summed E-state index contributed by atoms with van der Waals surface area (Å²) in [6.45, 7) is 4.65. The molecule has 0 fully saturated rings. The predicted octanol–water partition coefficient (Wildman–Crippen LogP) is 4.16. The van der Waals surface area contributed by atoms with Gasteiger partial charge in [0.25, 0.3) is 0 Å². The number of aryl methyl sites for hydroxylation is 1. The third-order valence-electron chi connectivity index (χ3n) is 6.17. The van der Waals surface area contributed by atoms with Crippen LogP contribution in [0, 0.1) is 12.8 Å². The lowest BCUT2D eigenvalue weighted by Gasteiger charge is -2.18. The highest BCUT2D eigenvalue weighted by molar-refractivity contribution is 9.10. The van der Waals surface area contributed by atoms with Gasteiger partial charge >= 0.3 is 11.6 Å². The number of rotatable bonds is 8. The topological polar surface area (TPSA) is 139 Å². The standard InChI is InChI=1S/C27H25BrN2O7/c1-13(2)25(26(33)34)30-24(32)11-29-23(31)9-18-14(3)17-8-19-20(15-4-6-16(28)7-5-15)12-36-21(19)10-22(17)37-27(18)35/h4-8,10,12-13,25H,9,11H2,1-3H3,(H,29,31)(H,30,32)(H,33,34). The van der Waals surface area contributed by atoms with Crippen LogP contribution in [0.4, 0.5) is 0 Å². The molecule has 2 aromatic carbocycles. The molecule has 0 radical (unpaired) electrons. The fourth-order valence-corrected chi connectivity index (χ4v) is 4.37. The van der Waals surface area contributed by atoms with Gasteiger partial charge < -0.3 is 24.6 Å². The van der Waals surface area contributed by atoms with E-state index in [1.807, 2.05) is 30.3 Å². The van der Waals surface area contributed by atoms with E-state index >= 15 is 0 Å². The van der Waals surface area contributed by atoms with E-state index < -0.39 is 36.0 Å².